The minimum Gasteiger partial charge on any atom is -0.392 e. The summed E-state index contributed by atoms with van der Waals surface area (Å²) in [5, 5.41) is 9.08. The number of nitrogens with one attached hydrogen (secondary N) is 1. The maximum Gasteiger partial charge on any atom is 0.264 e. The highest BCUT2D eigenvalue weighted by atomic mass is 79.9. The molecule has 112 valence electrons. The van der Waals surface area contributed by atoms with Crippen molar-refractivity contribution in [1.29, 1.82) is 0 Å². The Balaban J connectivity index is 2.47. The van der Waals surface area contributed by atoms with E-state index in [0.29, 0.717) is 10.2 Å². The van der Waals surface area contributed by atoms with Crippen LogP contribution in [0, 0.1) is 12.7 Å². The molecule has 0 unspecified atom stereocenters. The lowest BCUT2D eigenvalue weighted by Gasteiger charge is -2.11. The molecule has 0 aromatic heterocycles. The highest BCUT2D eigenvalue weighted by Gasteiger charge is 2.22. The first kappa shape index (κ1) is 15.9. The summed E-state index contributed by atoms with van der Waals surface area (Å²) in [6.07, 6.45) is 0. The molecular weight excluding hydrogens is 361 g/mol. The zero-order valence-corrected chi connectivity index (χ0v) is 13.5. The summed E-state index contributed by atoms with van der Waals surface area (Å²) in [5.41, 5.74) is 1.13. The third-order valence-corrected chi connectivity index (χ3v) is 4.65. The predicted molar refractivity (Wildman–Crippen MR) is 82.0 cm³/mol. The van der Waals surface area contributed by atoms with E-state index in [1.165, 1.54) is 6.07 Å². The molecule has 7 heteroatoms. The van der Waals surface area contributed by atoms with Crippen molar-refractivity contribution >= 4 is 31.6 Å². The molecule has 2 aromatic carbocycles. The number of benzene rings is 2. The van der Waals surface area contributed by atoms with E-state index in [2.05, 4.69) is 20.7 Å². The van der Waals surface area contributed by atoms with Gasteiger partial charge in [0.15, 0.2) is 0 Å². The van der Waals surface area contributed by atoms with Crippen molar-refractivity contribution in [3.8, 4) is 0 Å². The molecule has 0 heterocycles. The molecular formula is C14H13BrFNO3S. The van der Waals surface area contributed by atoms with Gasteiger partial charge in [-0.2, -0.15) is 0 Å². The molecule has 0 saturated carbocycles. The SMILES string of the molecule is Cc1cccc(NS(=O)(=O)c2cc(Br)cc(CO)c2F)c1. The van der Waals surface area contributed by atoms with Gasteiger partial charge in [-0.05, 0) is 36.8 Å². The summed E-state index contributed by atoms with van der Waals surface area (Å²) in [5.74, 6) is -0.958. The number of aliphatic hydroxyl groups is 1. The smallest absolute Gasteiger partial charge is 0.264 e. The molecule has 0 radical (unpaired) electrons. The summed E-state index contributed by atoms with van der Waals surface area (Å²) >= 11 is 3.11. The van der Waals surface area contributed by atoms with Crippen molar-refractivity contribution in [2.45, 2.75) is 18.4 Å². The number of aliphatic hydroxyl groups excluding tert-OH is 1. The minimum absolute atomic E-state index is 0.0889. The molecule has 0 fully saturated rings. The van der Waals surface area contributed by atoms with Crippen molar-refractivity contribution in [3.63, 3.8) is 0 Å². The number of hydrogen-bond acceptors (Lipinski definition) is 3. The van der Waals surface area contributed by atoms with Crippen LogP contribution in [0.2, 0.25) is 0 Å². The maximum atomic E-state index is 14.1. The fourth-order valence-corrected chi connectivity index (χ4v) is 3.70. The molecule has 0 amide bonds. The maximum absolute atomic E-state index is 14.1. The van der Waals surface area contributed by atoms with Crippen LogP contribution < -0.4 is 4.72 Å². The predicted octanol–water partition coefficient (Wildman–Crippen LogP) is 3.19. The van der Waals surface area contributed by atoms with Crippen LogP contribution in [0.4, 0.5) is 10.1 Å². The Hall–Kier alpha value is -1.44. The van der Waals surface area contributed by atoms with E-state index in [9.17, 15) is 12.8 Å². The Morgan fingerprint density at radius 2 is 2.00 bits per heavy atom. The molecule has 0 aliphatic carbocycles. The molecule has 2 rings (SSSR count). The average molecular weight is 374 g/mol. The second kappa shape index (κ2) is 6.13. The summed E-state index contributed by atoms with van der Waals surface area (Å²) in [4.78, 5) is -0.512. The highest BCUT2D eigenvalue weighted by molar-refractivity contribution is 9.10. The minimum atomic E-state index is -4.08. The van der Waals surface area contributed by atoms with Crippen LogP contribution in [0.15, 0.2) is 45.8 Å². The van der Waals surface area contributed by atoms with Crippen LogP contribution in [0.25, 0.3) is 0 Å². The third kappa shape index (κ3) is 3.61. The fraction of sp³-hybridized carbons (Fsp3) is 0.143. The largest absolute Gasteiger partial charge is 0.392 e. The van der Waals surface area contributed by atoms with Gasteiger partial charge in [0, 0.05) is 15.7 Å². The van der Waals surface area contributed by atoms with Crippen molar-refractivity contribution in [1.82, 2.24) is 0 Å². The second-order valence-corrected chi connectivity index (χ2v) is 7.08. The van der Waals surface area contributed by atoms with E-state index in [1.807, 2.05) is 13.0 Å². The molecule has 0 saturated heterocycles. The first-order valence-electron chi connectivity index (χ1n) is 6.02. The number of anilines is 1. The average Bonchev–Trinajstić information content (AvgIpc) is 2.40. The molecule has 2 aromatic rings. The molecule has 0 atom stereocenters. The van der Waals surface area contributed by atoms with Crippen molar-refractivity contribution < 1.29 is 17.9 Å². The Labute approximate surface area is 130 Å². The molecule has 0 aliphatic rings. The number of sulfonamides is 1. The lowest BCUT2D eigenvalue weighted by molar-refractivity contribution is 0.274. The van der Waals surface area contributed by atoms with Crippen LogP contribution in [-0.2, 0) is 16.6 Å². The Morgan fingerprint density at radius 1 is 1.29 bits per heavy atom. The number of aryl methyl sites for hydroxylation is 1. The van der Waals surface area contributed by atoms with Crippen LogP contribution in [0.3, 0.4) is 0 Å². The molecule has 0 bridgehead atoms. The zero-order valence-electron chi connectivity index (χ0n) is 11.1. The summed E-state index contributed by atoms with van der Waals surface area (Å²) in [7, 11) is -4.08. The van der Waals surface area contributed by atoms with Gasteiger partial charge in [-0.3, -0.25) is 4.72 Å². The molecule has 0 aliphatic heterocycles. The monoisotopic (exact) mass is 373 g/mol. The van der Waals surface area contributed by atoms with E-state index in [1.54, 1.807) is 18.2 Å². The van der Waals surface area contributed by atoms with Gasteiger partial charge in [-0.1, -0.05) is 28.1 Å². The fourth-order valence-electron chi connectivity index (χ4n) is 1.85. The summed E-state index contributed by atoms with van der Waals surface area (Å²) < 4.78 is 41.4. The van der Waals surface area contributed by atoms with Gasteiger partial charge in [-0.25, -0.2) is 12.8 Å². The van der Waals surface area contributed by atoms with Gasteiger partial charge in [0.25, 0.3) is 10.0 Å². The van der Waals surface area contributed by atoms with Crippen molar-refractivity contribution in [3.05, 3.63) is 57.8 Å². The van der Waals surface area contributed by atoms with E-state index in [-0.39, 0.29) is 5.56 Å². The summed E-state index contributed by atoms with van der Waals surface area (Å²) in [6.45, 7) is 1.24. The lowest BCUT2D eigenvalue weighted by Crippen LogP contribution is -2.15. The van der Waals surface area contributed by atoms with Gasteiger partial charge in [0.2, 0.25) is 0 Å². The second-order valence-electron chi connectivity index (χ2n) is 4.51. The van der Waals surface area contributed by atoms with E-state index < -0.39 is 27.3 Å². The Bertz CT molecular complexity index is 778. The van der Waals surface area contributed by atoms with Crippen molar-refractivity contribution in [2.24, 2.45) is 0 Å². The van der Waals surface area contributed by atoms with Gasteiger partial charge in [0.1, 0.15) is 10.7 Å². The normalized spacial score (nSPS) is 11.4. The van der Waals surface area contributed by atoms with Gasteiger partial charge in [0.05, 0.1) is 6.61 Å². The topological polar surface area (TPSA) is 66.4 Å². The Kier molecular flexibility index (Phi) is 4.65. The quantitative estimate of drug-likeness (QED) is 0.864. The molecule has 0 spiro atoms. The van der Waals surface area contributed by atoms with Crippen LogP contribution in [0.5, 0.6) is 0 Å². The van der Waals surface area contributed by atoms with Gasteiger partial charge < -0.3 is 5.11 Å². The van der Waals surface area contributed by atoms with Gasteiger partial charge >= 0.3 is 0 Å². The zero-order chi connectivity index (χ0) is 15.6. The lowest BCUT2D eigenvalue weighted by atomic mass is 10.2. The highest BCUT2D eigenvalue weighted by Crippen LogP contribution is 2.26. The van der Waals surface area contributed by atoms with Crippen LogP contribution >= 0.6 is 15.9 Å². The van der Waals surface area contributed by atoms with E-state index in [0.717, 1.165) is 11.6 Å². The molecule has 21 heavy (non-hydrogen) atoms. The number of rotatable bonds is 4. The molecule has 4 nitrogen and oxygen atoms in total. The van der Waals surface area contributed by atoms with Crippen molar-refractivity contribution in [2.75, 3.05) is 4.72 Å². The van der Waals surface area contributed by atoms with Crippen LogP contribution in [-0.4, -0.2) is 13.5 Å². The number of halogens is 2. The molecule has 2 N–H and O–H groups in total. The standard InChI is InChI=1S/C14H13BrFNO3S/c1-9-3-2-4-12(5-9)17-21(19,20)13-7-11(15)6-10(8-18)14(13)16/h2-7,17-18H,8H2,1H3. The first-order valence-corrected chi connectivity index (χ1v) is 8.29. The van der Waals surface area contributed by atoms with E-state index in [4.69, 9.17) is 5.11 Å². The summed E-state index contributed by atoms with van der Waals surface area (Å²) in [6, 6.07) is 9.23. The number of hydrogen-bond donors (Lipinski definition) is 2. The Morgan fingerprint density at radius 3 is 2.62 bits per heavy atom. The van der Waals surface area contributed by atoms with E-state index >= 15 is 0 Å². The third-order valence-electron chi connectivity index (χ3n) is 2.81. The van der Waals surface area contributed by atoms with Gasteiger partial charge in [-0.15, -0.1) is 0 Å². The van der Waals surface area contributed by atoms with Crippen LogP contribution in [0.1, 0.15) is 11.1 Å². The first-order chi connectivity index (χ1) is 9.83.